The molecular weight excluding hydrogens is 355 g/mol. The van der Waals surface area contributed by atoms with Crippen molar-refractivity contribution >= 4 is 17.4 Å². The molecule has 4 nitrogen and oxygen atoms in total. The van der Waals surface area contributed by atoms with Crippen molar-refractivity contribution in [1.82, 2.24) is 4.90 Å². The maximum Gasteiger partial charge on any atom is 0.253 e. The number of rotatable bonds is 7. The largest absolute Gasteiger partial charge is 0.385 e. The molecule has 1 aliphatic heterocycles. The van der Waals surface area contributed by atoms with Gasteiger partial charge >= 0.3 is 0 Å². The first kappa shape index (κ1) is 20.1. The van der Waals surface area contributed by atoms with E-state index in [1.54, 1.807) is 0 Å². The second-order valence-electron chi connectivity index (χ2n) is 7.30. The molecule has 1 saturated heterocycles. The van der Waals surface area contributed by atoms with Crippen LogP contribution >= 0.6 is 0 Å². The standard InChI is InChI=1S/C23H27FN2O2/c1-2-3-14-25-21-10-6-19(7-11-21)23(28)26-15-12-18(13-16-26)22(27)17-4-8-20(24)9-5-17/h4-11,18,25H,2-3,12-16H2,1H3. The Bertz CT molecular complexity index is 794. The molecule has 1 heterocycles. The topological polar surface area (TPSA) is 49.4 Å². The third-order valence-electron chi connectivity index (χ3n) is 5.27. The predicted molar refractivity (Wildman–Crippen MR) is 109 cm³/mol. The van der Waals surface area contributed by atoms with Crippen LogP contribution in [0.5, 0.6) is 0 Å². The summed E-state index contributed by atoms with van der Waals surface area (Å²) in [6.45, 7) is 4.21. The van der Waals surface area contributed by atoms with Gasteiger partial charge in [-0.05, 0) is 67.8 Å². The number of anilines is 1. The molecule has 0 unspecified atom stereocenters. The van der Waals surface area contributed by atoms with Crippen molar-refractivity contribution in [1.29, 1.82) is 0 Å². The van der Waals surface area contributed by atoms with Crippen molar-refractivity contribution in [3.8, 4) is 0 Å². The normalized spacial score (nSPS) is 14.7. The molecule has 0 atom stereocenters. The van der Waals surface area contributed by atoms with E-state index in [0.29, 0.717) is 37.1 Å². The van der Waals surface area contributed by atoms with Crippen LogP contribution in [0.25, 0.3) is 0 Å². The molecule has 1 fully saturated rings. The molecular formula is C23H27FN2O2. The molecule has 1 amide bonds. The Labute approximate surface area is 165 Å². The number of ketones is 1. The third kappa shape index (κ3) is 4.97. The van der Waals surface area contributed by atoms with E-state index in [-0.39, 0.29) is 23.4 Å². The van der Waals surface area contributed by atoms with E-state index in [9.17, 15) is 14.0 Å². The molecule has 0 aromatic heterocycles. The molecule has 2 aromatic carbocycles. The zero-order valence-electron chi connectivity index (χ0n) is 16.3. The monoisotopic (exact) mass is 382 g/mol. The van der Waals surface area contributed by atoms with Gasteiger partial charge in [-0.25, -0.2) is 4.39 Å². The predicted octanol–water partition coefficient (Wildman–Crippen LogP) is 4.77. The lowest BCUT2D eigenvalue weighted by Gasteiger charge is -2.31. The molecule has 0 saturated carbocycles. The summed E-state index contributed by atoms with van der Waals surface area (Å²) in [5.74, 6) is -0.411. The highest BCUT2D eigenvalue weighted by atomic mass is 19.1. The van der Waals surface area contributed by atoms with Gasteiger partial charge in [0, 0.05) is 42.4 Å². The summed E-state index contributed by atoms with van der Waals surface area (Å²) < 4.78 is 13.0. The lowest BCUT2D eigenvalue weighted by Crippen LogP contribution is -2.40. The fourth-order valence-electron chi connectivity index (χ4n) is 3.52. The quantitative estimate of drug-likeness (QED) is 0.554. The highest BCUT2D eigenvalue weighted by molar-refractivity contribution is 5.98. The van der Waals surface area contributed by atoms with E-state index in [2.05, 4.69) is 12.2 Å². The molecule has 148 valence electrons. The molecule has 5 heteroatoms. The molecule has 28 heavy (non-hydrogen) atoms. The first-order valence-electron chi connectivity index (χ1n) is 10.0. The van der Waals surface area contributed by atoms with Gasteiger partial charge in [-0.2, -0.15) is 0 Å². The van der Waals surface area contributed by atoms with E-state index in [0.717, 1.165) is 25.1 Å². The van der Waals surface area contributed by atoms with Crippen molar-refractivity contribution in [3.05, 3.63) is 65.5 Å². The minimum absolute atomic E-state index is 0.00721. The number of Topliss-reactive ketones (excluding diaryl/α,β-unsaturated/α-hetero) is 1. The number of likely N-dealkylation sites (tertiary alicyclic amines) is 1. The SMILES string of the molecule is CCCCNc1ccc(C(=O)N2CCC(C(=O)c3ccc(F)cc3)CC2)cc1. The molecule has 0 spiro atoms. The van der Waals surface area contributed by atoms with Crippen molar-refractivity contribution in [3.63, 3.8) is 0 Å². The number of piperidine rings is 1. The molecule has 1 aliphatic rings. The molecule has 1 N–H and O–H groups in total. The van der Waals surface area contributed by atoms with Crippen LogP contribution in [0.4, 0.5) is 10.1 Å². The van der Waals surface area contributed by atoms with Crippen LogP contribution in [0, 0.1) is 11.7 Å². The number of hydrogen-bond acceptors (Lipinski definition) is 3. The number of carbonyl (C=O) groups is 2. The van der Waals surface area contributed by atoms with Crippen LogP contribution in [-0.4, -0.2) is 36.2 Å². The Balaban J connectivity index is 1.53. The van der Waals surface area contributed by atoms with Gasteiger partial charge in [-0.1, -0.05) is 13.3 Å². The Hall–Kier alpha value is -2.69. The lowest BCUT2D eigenvalue weighted by atomic mass is 9.88. The highest BCUT2D eigenvalue weighted by Gasteiger charge is 2.28. The van der Waals surface area contributed by atoms with Crippen LogP contribution < -0.4 is 5.32 Å². The summed E-state index contributed by atoms with van der Waals surface area (Å²) in [4.78, 5) is 27.1. The number of carbonyl (C=O) groups excluding carboxylic acids is 2. The van der Waals surface area contributed by atoms with E-state index in [1.807, 2.05) is 29.2 Å². The first-order chi connectivity index (χ1) is 13.6. The van der Waals surface area contributed by atoms with Crippen LogP contribution in [0.2, 0.25) is 0 Å². The summed E-state index contributed by atoms with van der Waals surface area (Å²) >= 11 is 0. The lowest BCUT2D eigenvalue weighted by molar-refractivity contribution is 0.0650. The zero-order valence-corrected chi connectivity index (χ0v) is 16.3. The number of halogens is 1. The summed E-state index contributed by atoms with van der Waals surface area (Å²) in [5, 5.41) is 3.34. The van der Waals surface area contributed by atoms with Gasteiger partial charge in [0.25, 0.3) is 5.91 Å². The minimum Gasteiger partial charge on any atom is -0.385 e. The van der Waals surface area contributed by atoms with Gasteiger partial charge in [0.1, 0.15) is 5.82 Å². The average molecular weight is 382 g/mol. The van der Waals surface area contributed by atoms with Gasteiger partial charge < -0.3 is 10.2 Å². The van der Waals surface area contributed by atoms with Gasteiger partial charge in [0.05, 0.1) is 0 Å². The summed E-state index contributed by atoms with van der Waals surface area (Å²) in [6.07, 6.45) is 3.53. The van der Waals surface area contributed by atoms with Crippen LogP contribution in [0.15, 0.2) is 48.5 Å². The summed E-state index contributed by atoms with van der Waals surface area (Å²) in [7, 11) is 0. The molecule has 2 aromatic rings. The van der Waals surface area contributed by atoms with E-state index in [1.165, 1.54) is 24.3 Å². The van der Waals surface area contributed by atoms with Crippen LogP contribution in [-0.2, 0) is 0 Å². The van der Waals surface area contributed by atoms with Gasteiger partial charge in [0.2, 0.25) is 0 Å². The molecule has 3 rings (SSSR count). The van der Waals surface area contributed by atoms with Crippen molar-refractivity contribution in [2.75, 3.05) is 25.0 Å². The average Bonchev–Trinajstić information content (AvgIpc) is 2.74. The maximum atomic E-state index is 13.0. The Morgan fingerprint density at radius 2 is 1.61 bits per heavy atom. The molecule has 0 aliphatic carbocycles. The van der Waals surface area contributed by atoms with Crippen molar-refractivity contribution < 1.29 is 14.0 Å². The third-order valence-corrected chi connectivity index (χ3v) is 5.27. The number of nitrogens with zero attached hydrogens (tertiary/aromatic N) is 1. The smallest absolute Gasteiger partial charge is 0.253 e. The van der Waals surface area contributed by atoms with Crippen molar-refractivity contribution in [2.24, 2.45) is 5.92 Å². The summed E-state index contributed by atoms with van der Waals surface area (Å²) in [5.41, 5.74) is 2.23. The zero-order chi connectivity index (χ0) is 19.9. The Kier molecular flexibility index (Phi) is 6.80. The number of nitrogens with one attached hydrogen (secondary N) is 1. The van der Waals surface area contributed by atoms with Crippen LogP contribution in [0.1, 0.15) is 53.3 Å². The van der Waals surface area contributed by atoms with Crippen molar-refractivity contribution in [2.45, 2.75) is 32.6 Å². The summed E-state index contributed by atoms with van der Waals surface area (Å²) in [6, 6.07) is 13.3. The van der Waals surface area contributed by atoms with Gasteiger partial charge in [-0.3, -0.25) is 9.59 Å². The Morgan fingerprint density at radius 1 is 1.00 bits per heavy atom. The number of hydrogen-bond donors (Lipinski definition) is 1. The minimum atomic E-state index is -0.344. The molecule has 0 bridgehead atoms. The molecule has 0 radical (unpaired) electrons. The van der Waals surface area contributed by atoms with Crippen LogP contribution in [0.3, 0.4) is 0 Å². The van der Waals surface area contributed by atoms with Gasteiger partial charge in [0.15, 0.2) is 5.78 Å². The maximum absolute atomic E-state index is 13.0. The second-order valence-corrected chi connectivity index (χ2v) is 7.30. The van der Waals surface area contributed by atoms with E-state index in [4.69, 9.17) is 0 Å². The Morgan fingerprint density at radius 3 is 2.21 bits per heavy atom. The fraction of sp³-hybridized carbons (Fsp3) is 0.391. The number of amides is 1. The highest BCUT2D eigenvalue weighted by Crippen LogP contribution is 2.23. The fourth-order valence-corrected chi connectivity index (χ4v) is 3.52. The van der Waals surface area contributed by atoms with E-state index >= 15 is 0 Å². The second kappa shape index (κ2) is 9.49. The number of benzene rings is 2. The van der Waals surface area contributed by atoms with E-state index < -0.39 is 0 Å². The van der Waals surface area contributed by atoms with Gasteiger partial charge in [-0.15, -0.1) is 0 Å². The number of unbranched alkanes of at least 4 members (excludes halogenated alkanes) is 1. The first-order valence-corrected chi connectivity index (χ1v) is 10.0.